The van der Waals surface area contributed by atoms with E-state index in [4.69, 9.17) is 9.15 Å². The van der Waals surface area contributed by atoms with Crippen LogP contribution < -0.4 is 16.1 Å². The van der Waals surface area contributed by atoms with E-state index in [-0.39, 0.29) is 22.0 Å². The van der Waals surface area contributed by atoms with E-state index in [9.17, 15) is 19.2 Å². The standard InChI is InChI=1S/C22H20N2O6/c1-3-23-22(28)24-17(25)12-29-21(27)16-11-7-10-15-18(26)13(2)19(30-20(15)16)14-8-5-4-6-9-14/h4-11H,3,12H2,1-2H3,(H2,23,24,25,28). The SMILES string of the molecule is CCNC(=O)NC(=O)COC(=O)c1cccc2c(=O)c(C)c(-c3ccccc3)oc12. The molecule has 0 aliphatic heterocycles. The Morgan fingerprint density at radius 1 is 1.03 bits per heavy atom. The number of rotatable bonds is 5. The number of carbonyl (C=O) groups excluding carboxylic acids is 3. The fraction of sp³-hybridized carbons (Fsp3) is 0.182. The fourth-order valence-electron chi connectivity index (χ4n) is 2.91. The Labute approximate surface area is 171 Å². The van der Waals surface area contributed by atoms with Crippen LogP contribution in [0.2, 0.25) is 0 Å². The Balaban J connectivity index is 1.92. The molecule has 8 nitrogen and oxygen atoms in total. The zero-order valence-corrected chi connectivity index (χ0v) is 16.5. The number of hydrogen-bond acceptors (Lipinski definition) is 6. The number of hydrogen-bond donors (Lipinski definition) is 2. The lowest BCUT2D eigenvalue weighted by Gasteiger charge is -2.10. The first-order valence-corrected chi connectivity index (χ1v) is 9.29. The van der Waals surface area contributed by atoms with Crippen LogP contribution in [0.25, 0.3) is 22.3 Å². The van der Waals surface area contributed by atoms with E-state index in [1.807, 2.05) is 23.5 Å². The molecule has 0 saturated carbocycles. The average Bonchev–Trinajstić information content (AvgIpc) is 2.75. The molecular weight excluding hydrogens is 388 g/mol. The molecule has 3 amide bonds. The highest BCUT2D eigenvalue weighted by molar-refractivity contribution is 6.03. The predicted molar refractivity (Wildman–Crippen MR) is 110 cm³/mol. The summed E-state index contributed by atoms with van der Waals surface area (Å²) in [6.45, 7) is 3.04. The van der Waals surface area contributed by atoms with Crippen molar-refractivity contribution in [2.45, 2.75) is 13.8 Å². The Bertz CT molecular complexity index is 1170. The number of esters is 1. The molecule has 1 heterocycles. The van der Waals surface area contributed by atoms with Crippen LogP contribution in [0.15, 0.2) is 57.7 Å². The summed E-state index contributed by atoms with van der Waals surface area (Å²) in [6.07, 6.45) is 0. The number of nitrogens with one attached hydrogen (secondary N) is 2. The summed E-state index contributed by atoms with van der Waals surface area (Å²) in [4.78, 5) is 48.5. The lowest BCUT2D eigenvalue weighted by Crippen LogP contribution is -2.41. The highest BCUT2D eigenvalue weighted by Crippen LogP contribution is 2.27. The average molecular weight is 408 g/mol. The zero-order chi connectivity index (χ0) is 21.7. The second-order valence-corrected chi connectivity index (χ2v) is 6.42. The van der Waals surface area contributed by atoms with E-state index in [0.29, 0.717) is 23.4 Å². The van der Waals surface area contributed by atoms with E-state index in [0.717, 1.165) is 0 Å². The third-order valence-electron chi connectivity index (χ3n) is 4.33. The molecule has 0 saturated heterocycles. The third kappa shape index (κ3) is 4.38. The van der Waals surface area contributed by atoms with Crippen LogP contribution in [-0.2, 0) is 9.53 Å². The Morgan fingerprint density at radius 2 is 1.77 bits per heavy atom. The molecular formula is C22H20N2O6. The first-order chi connectivity index (χ1) is 14.4. The van der Waals surface area contributed by atoms with Crippen LogP contribution in [0, 0.1) is 6.92 Å². The summed E-state index contributed by atoms with van der Waals surface area (Å²) in [5.74, 6) is -1.28. The van der Waals surface area contributed by atoms with Gasteiger partial charge in [0.05, 0.1) is 5.39 Å². The molecule has 2 N–H and O–H groups in total. The van der Waals surface area contributed by atoms with Gasteiger partial charge in [-0.2, -0.15) is 0 Å². The minimum atomic E-state index is -0.849. The summed E-state index contributed by atoms with van der Waals surface area (Å²) < 4.78 is 10.9. The monoisotopic (exact) mass is 408 g/mol. The maximum Gasteiger partial charge on any atom is 0.342 e. The van der Waals surface area contributed by atoms with Crippen molar-refractivity contribution < 1.29 is 23.5 Å². The van der Waals surface area contributed by atoms with Crippen LogP contribution in [0.4, 0.5) is 4.79 Å². The van der Waals surface area contributed by atoms with Gasteiger partial charge in [-0.05, 0) is 26.0 Å². The number of amides is 3. The molecule has 0 bridgehead atoms. The summed E-state index contributed by atoms with van der Waals surface area (Å²) in [5, 5.41) is 4.65. The number of benzene rings is 2. The van der Waals surface area contributed by atoms with Crippen LogP contribution in [0.1, 0.15) is 22.8 Å². The van der Waals surface area contributed by atoms with Crippen LogP contribution in [0.3, 0.4) is 0 Å². The molecule has 0 spiro atoms. The molecule has 0 atom stereocenters. The van der Waals surface area contributed by atoms with Crippen molar-refractivity contribution in [2.24, 2.45) is 0 Å². The van der Waals surface area contributed by atoms with Crippen molar-refractivity contribution >= 4 is 28.9 Å². The number of imide groups is 1. The summed E-state index contributed by atoms with van der Waals surface area (Å²) in [5.41, 5.74) is 0.923. The number of carbonyl (C=O) groups is 3. The van der Waals surface area contributed by atoms with Crippen molar-refractivity contribution in [3.05, 3.63) is 69.9 Å². The van der Waals surface area contributed by atoms with Gasteiger partial charge >= 0.3 is 12.0 Å². The number of fused-ring (bicyclic) bond motifs is 1. The topological polar surface area (TPSA) is 115 Å². The highest BCUT2D eigenvalue weighted by Gasteiger charge is 2.20. The predicted octanol–water partition coefficient (Wildman–Crippen LogP) is 2.77. The van der Waals surface area contributed by atoms with Gasteiger partial charge in [0, 0.05) is 17.7 Å². The summed E-state index contributed by atoms with van der Waals surface area (Å²) in [6, 6.07) is 12.9. The van der Waals surface area contributed by atoms with E-state index >= 15 is 0 Å². The van der Waals surface area contributed by atoms with E-state index in [1.54, 1.807) is 32.0 Å². The maximum absolute atomic E-state index is 12.8. The summed E-state index contributed by atoms with van der Waals surface area (Å²) in [7, 11) is 0. The quantitative estimate of drug-likeness (QED) is 0.628. The second kappa shape index (κ2) is 9.04. The third-order valence-corrected chi connectivity index (χ3v) is 4.33. The van der Waals surface area contributed by atoms with Gasteiger partial charge < -0.3 is 14.5 Å². The van der Waals surface area contributed by atoms with E-state index < -0.39 is 24.5 Å². The molecule has 0 radical (unpaired) electrons. The molecule has 3 aromatic rings. The van der Waals surface area contributed by atoms with Crippen molar-refractivity contribution in [1.82, 2.24) is 10.6 Å². The van der Waals surface area contributed by atoms with Gasteiger partial charge in [-0.25, -0.2) is 9.59 Å². The Kier molecular flexibility index (Phi) is 6.26. The Morgan fingerprint density at radius 3 is 2.47 bits per heavy atom. The van der Waals surface area contributed by atoms with Crippen LogP contribution >= 0.6 is 0 Å². The molecule has 0 aliphatic rings. The summed E-state index contributed by atoms with van der Waals surface area (Å²) >= 11 is 0. The lowest BCUT2D eigenvalue weighted by molar-refractivity contribution is -0.123. The highest BCUT2D eigenvalue weighted by atomic mass is 16.5. The fourth-order valence-corrected chi connectivity index (χ4v) is 2.91. The van der Waals surface area contributed by atoms with Gasteiger partial charge in [-0.3, -0.25) is 14.9 Å². The maximum atomic E-state index is 12.8. The van der Waals surface area contributed by atoms with Crippen LogP contribution in [0.5, 0.6) is 0 Å². The van der Waals surface area contributed by atoms with Crippen LogP contribution in [-0.4, -0.2) is 31.1 Å². The molecule has 1 aromatic heterocycles. The largest absolute Gasteiger partial charge is 0.455 e. The van der Waals surface area contributed by atoms with Gasteiger partial charge in [0.15, 0.2) is 17.6 Å². The minimum Gasteiger partial charge on any atom is -0.455 e. The number of para-hydroxylation sites is 1. The van der Waals surface area contributed by atoms with Gasteiger partial charge in [0.25, 0.3) is 5.91 Å². The van der Waals surface area contributed by atoms with Crippen molar-refractivity contribution in [3.8, 4) is 11.3 Å². The molecule has 8 heteroatoms. The van der Waals surface area contributed by atoms with Crippen molar-refractivity contribution in [3.63, 3.8) is 0 Å². The molecule has 0 unspecified atom stereocenters. The van der Waals surface area contributed by atoms with Crippen molar-refractivity contribution in [2.75, 3.05) is 13.2 Å². The second-order valence-electron chi connectivity index (χ2n) is 6.42. The minimum absolute atomic E-state index is 0.00703. The lowest BCUT2D eigenvalue weighted by atomic mass is 10.0. The molecule has 3 rings (SSSR count). The molecule has 30 heavy (non-hydrogen) atoms. The Hall–Kier alpha value is -3.94. The van der Waals surface area contributed by atoms with Gasteiger partial charge in [0.1, 0.15) is 11.3 Å². The van der Waals surface area contributed by atoms with Gasteiger partial charge in [-0.15, -0.1) is 0 Å². The molecule has 2 aromatic carbocycles. The van der Waals surface area contributed by atoms with Crippen molar-refractivity contribution in [1.29, 1.82) is 0 Å². The number of urea groups is 1. The first kappa shape index (κ1) is 20.8. The zero-order valence-electron chi connectivity index (χ0n) is 16.5. The van der Waals surface area contributed by atoms with Gasteiger partial charge in [0.2, 0.25) is 0 Å². The first-order valence-electron chi connectivity index (χ1n) is 9.29. The van der Waals surface area contributed by atoms with E-state index in [2.05, 4.69) is 5.32 Å². The van der Waals surface area contributed by atoms with E-state index in [1.165, 1.54) is 12.1 Å². The molecule has 0 aliphatic carbocycles. The van der Waals surface area contributed by atoms with Gasteiger partial charge in [-0.1, -0.05) is 36.4 Å². The smallest absolute Gasteiger partial charge is 0.342 e. The molecule has 154 valence electrons. The normalized spacial score (nSPS) is 10.5. The number of ether oxygens (including phenoxy) is 1. The molecule has 0 fully saturated rings.